The van der Waals surface area contributed by atoms with Crippen LogP contribution >= 0.6 is 11.3 Å². The Balaban J connectivity index is 1.67. The Morgan fingerprint density at radius 1 is 1.21 bits per heavy atom. The van der Waals surface area contributed by atoms with E-state index in [1.165, 1.54) is 40.1 Å². The molecule has 24 heavy (non-hydrogen) atoms. The first-order valence-electron chi connectivity index (χ1n) is 6.59. The normalized spacial score (nSPS) is 11.0. The third-order valence-corrected chi connectivity index (χ3v) is 3.89. The lowest BCUT2D eigenvalue weighted by Crippen LogP contribution is -1.93. The molecule has 120 valence electrons. The lowest BCUT2D eigenvalue weighted by atomic mass is 10.3. The van der Waals surface area contributed by atoms with Gasteiger partial charge in [-0.1, -0.05) is 11.3 Å². The van der Waals surface area contributed by atoms with Crippen LogP contribution < -0.4 is 5.32 Å². The molecule has 4 aromatic rings. The van der Waals surface area contributed by atoms with E-state index in [9.17, 15) is 14.5 Å². The second-order valence-corrected chi connectivity index (χ2v) is 5.61. The summed E-state index contributed by atoms with van der Waals surface area (Å²) in [4.78, 5) is 10.5. The van der Waals surface area contributed by atoms with Crippen molar-refractivity contribution in [2.24, 2.45) is 0 Å². The summed E-state index contributed by atoms with van der Waals surface area (Å²) in [5.41, 5.74) is 0.663. The molecule has 3 heterocycles. The van der Waals surface area contributed by atoms with Gasteiger partial charge in [-0.15, -0.1) is 15.3 Å². The Kier molecular flexibility index (Phi) is 3.20. The van der Waals surface area contributed by atoms with E-state index in [4.69, 9.17) is 4.42 Å². The molecule has 11 heteroatoms. The van der Waals surface area contributed by atoms with Gasteiger partial charge in [0.1, 0.15) is 10.7 Å². The number of hydrogen-bond donors (Lipinski definition) is 1. The van der Waals surface area contributed by atoms with Crippen molar-refractivity contribution in [3.63, 3.8) is 0 Å². The van der Waals surface area contributed by atoms with Crippen molar-refractivity contribution in [3.8, 4) is 11.6 Å². The molecule has 0 spiro atoms. The van der Waals surface area contributed by atoms with Crippen molar-refractivity contribution in [2.45, 2.75) is 0 Å². The Morgan fingerprint density at radius 2 is 2.00 bits per heavy atom. The number of nitrogens with one attached hydrogen (secondary N) is 1. The van der Waals surface area contributed by atoms with Crippen LogP contribution in [0.25, 0.3) is 16.5 Å². The summed E-state index contributed by atoms with van der Waals surface area (Å²) in [7, 11) is 0. The molecule has 0 radical (unpaired) electrons. The molecule has 4 rings (SSSR count). The summed E-state index contributed by atoms with van der Waals surface area (Å²) in [6.07, 6.45) is 0. The number of anilines is 2. The number of nitrogens with zero attached hydrogens (tertiary/aromatic N) is 5. The van der Waals surface area contributed by atoms with E-state index < -0.39 is 4.92 Å². The molecule has 9 nitrogen and oxygen atoms in total. The molecule has 0 bridgehead atoms. The molecule has 1 aromatic carbocycles. The summed E-state index contributed by atoms with van der Waals surface area (Å²) in [6, 6.07) is 8.48. The Morgan fingerprint density at radius 3 is 2.71 bits per heavy atom. The molecule has 0 aliphatic heterocycles. The Labute approximate surface area is 136 Å². The van der Waals surface area contributed by atoms with Crippen LogP contribution in [0.4, 0.5) is 21.1 Å². The number of aromatic nitrogens is 4. The fourth-order valence-electron chi connectivity index (χ4n) is 2.02. The van der Waals surface area contributed by atoms with Crippen molar-refractivity contribution in [2.75, 3.05) is 5.32 Å². The average Bonchev–Trinajstić information content (AvgIpc) is 3.24. The summed E-state index contributed by atoms with van der Waals surface area (Å²) < 4.78 is 19.5. The first kappa shape index (κ1) is 14.3. The van der Waals surface area contributed by atoms with Crippen molar-refractivity contribution < 1.29 is 13.7 Å². The van der Waals surface area contributed by atoms with Crippen LogP contribution in [0.5, 0.6) is 0 Å². The van der Waals surface area contributed by atoms with Crippen LogP contribution in [0.2, 0.25) is 0 Å². The van der Waals surface area contributed by atoms with Crippen molar-refractivity contribution in [1.29, 1.82) is 0 Å². The van der Waals surface area contributed by atoms with E-state index in [0.29, 0.717) is 15.8 Å². The standard InChI is InChI=1S/C13H7FN6O3S/c14-7-1-3-8(4-2-7)15-12-18-19-11(16-17-13(19)24-12)9-5-6-10(23-9)20(21)22/h1-6H,(H,15,18). The predicted molar refractivity (Wildman–Crippen MR) is 82.7 cm³/mol. The zero-order valence-electron chi connectivity index (χ0n) is 11.7. The molecule has 0 amide bonds. The third kappa shape index (κ3) is 2.46. The Bertz CT molecular complexity index is 1040. The molecule has 0 fully saturated rings. The largest absolute Gasteiger partial charge is 0.433 e. The van der Waals surface area contributed by atoms with Crippen LogP contribution in [0.3, 0.4) is 0 Å². The van der Waals surface area contributed by atoms with E-state index in [1.54, 1.807) is 12.1 Å². The molecule has 0 aliphatic rings. The lowest BCUT2D eigenvalue weighted by Gasteiger charge is -2.00. The maximum absolute atomic E-state index is 12.9. The fourth-order valence-corrected chi connectivity index (χ4v) is 2.78. The number of furan rings is 1. The van der Waals surface area contributed by atoms with Crippen LogP contribution in [0.15, 0.2) is 40.8 Å². The van der Waals surface area contributed by atoms with Crippen molar-refractivity contribution in [3.05, 3.63) is 52.3 Å². The molecule has 3 aromatic heterocycles. The summed E-state index contributed by atoms with van der Waals surface area (Å²) in [6.45, 7) is 0. The second-order valence-electron chi connectivity index (χ2n) is 4.65. The number of hydrogen-bond acceptors (Lipinski definition) is 8. The van der Waals surface area contributed by atoms with Crippen molar-refractivity contribution in [1.82, 2.24) is 19.8 Å². The molecular formula is C13H7FN6O3S. The highest BCUT2D eigenvalue weighted by atomic mass is 32.1. The summed E-state index contributed by atoms with van der Waals surface area (Å²) in [5.74, 6) is -0.281. The highest BCUT2D eigenvalue weighted by Crippen LogP contribution is 2.28. The van der Waals surface area contributed by atoms with E-state index >= 15 is 0 Å². The minimum atomic E-state index is -0.635. The average molecular weight is 346 g/mol. The van der Waals surface area contributed by atoms with Gasteiger partial charge in [0.05, 0.1) is 6.07 Å². The van der Waals surface area contributed by atoms with Gasteiger partial charge in [-0.05, 0) is 30.3 Å². The van der Waals surface area contributed by atoms with Gasteiger partial charge in [0, 0.05) is 5.69 Å². The minimum absolute atomic E-state index is 0.188. The molecule has 0 saturated heterocycles. The second kappa shape index (κ2) is 5.38. The quantitative estimate of drug-likeness (QED) is 0.446. The smallest absolute Gasteiger partial charge is 0.397 e. The number of halogens is 1. The molecule has 1 N–H and O–H groups in total. The molecule has 0 saturated carbocycles. The maximum Gasteiger partial charge on any atom is 0.433 e. The zero-order chi connectivity index (χ0) is 16.7. The molecule has 0 atom stereocenters. The van der Waals surface area contributed by atoms with Gasteiger partial charge in [0.2, 0.25) is 15.9 Å². The van der Waals surface area contributed by atoms with Gasteiger partial charge < -0.3 is 9.73 Å². The lowest BCUT2D eigenvalue weighted by molar-refractivity contribution is -0.401. The van der Waals surface area contributed by atoms with Gasteiger partial charge in [-0.2, -0.15) is 4.52 Å². The van der Waals surface area contributed by atoms with Gasteiger partial charge in [-0.25, -0.2) is 4.39 Å². The van der Waals surface area contributed by atoms with Crippen molar-refractivity contribution >= 4 is 33.0 Å². The highest BCUT2D eigenvalue weighted by molar-refractivity contribution is 7.20. The summed E-state index contributed by atoms with van der Waals surface area (Å²) >= 11 is 1.22. The first-order valence-corrected chi connectivity index (χ1v) is 7.41. The Hall–Kier alpha value is -3.34. The van der Waals surface area contributed by atoms with E-state index in [-0.39, 0.29) is 23.3 Å². The van der Waals surface area contributed by atoms with Crippen LogP contribution in [-0.4, -0.2) is 24.7 Å². The third-order valence-electron chi connectivity index (χ3n) is 3.08. The van der Waals surface area contributed by atoms with E-state index in [0.717, 1.165) is 0 Å². The number of rotatable bonds is 4. The van der Waals surface area contributed by atoms with E-state index in [2.05, 4.69) is 20.6 Å². The highest BCUT2D eigenvalue weighted by Gasteiger charge is 2.19. The van der Waals surface area contributed by atoms with E-state index in [1.807, 2.05) is 0 Å². The van der Waals surface area contributed by atoms with Gasteiger partial charge in [0.15, 0.2) is 5.76 Å². The zero-order valence-corrected chi connectivity index (χ0v) is 12.5. The van der Waals surface area contributed by atoms with Gasteiger partial charge >= 0.3 is 5.88 Å². The molecule has 0 unspecified atom stereocenters. The number of fused-ring (bicyclic) bond motifs is 1. The van der Waals surface area contributed by atoms with Crippen LogP contribution in [-0.2, 0) is 0 Å². The molecule has 0 aliphatic carbocycles. The van der Waals surface area contributed by atoms with Crippen LogP contribution in [0.1, 0.15) is 0 Å². The summed E-state index contributed by atoms with van der Waals surface area (Å²) in [5, 5.41) is 26.4. The van der Waals surface area contributed by atoms with Gasteiger partial charge in [-0.3, -0.25) is 10.1 Å². The maximum atomic E-state index is 12.9. The fraction of sp³-hybridized carbons (Fsp3) is 0. The van der Waals surface area contributed by atoms with Crippen LogP contribution in [0, 0.1) is 15.9 Å². The van der Waals surface area contributed by atoms with Gasteiger partial charge in [0.25, 0.3) is 0 Å². The SMILES string of the molecule is O=[N+]([O-])c1ccc(-c2nnc3sc(Nc4ccc(F)cc4)nn23)o1. The number of benzene rings is 1. The molecular weight excluding hydrogens is 339 g/mol. The monoisotopic (exact) mass is 346 g/mol. The number of nitro groups is 1. The minimum Gasteiger partial charge on any atom is -0.397 e. The predicted octanol–water partition coefficient (Wildman–Crippen LogP) is 3.24. The first-order chi connectivity index (χ1) is 11.6. The topological polar surface area (TPSA) is 111 Å².